The summed E-state index contributed by atoms with van der Waals surface area (Å²) < 4.78 is 10.6. The van der Waals surface area contributed by atoms with Gasteiger partial charge in [0.1, 0.15) is 11.5 Å². The summed E-state index contributed by atoms with van der Waals surface area (Å²) in [6, 6.07) is 12.1. The molecule has 2 atom stereocenters. The highest BCUT2D eigenvalue weighted by molar-refractivity contribution is 5.57. The van der Waals surface area contributed by atoms with Crippen molar-refractivity contribution in [2.75, 3.05) is 14.2 Å². The number of methoxy groups -OCH3 is 2. The van der Waals surface area contributed by atoms with Gasteiger partial charge in [0.15, 0.2) is 0 Å². The quantitative estimate of drug-likeness (QED) is 0.920. The van der Waals surface area contributed by atoms with Crippen molar-refractivity contribution in [1.82, 2.24) is 0 Å². The minimum Gasteiger partial charge on any atom is -0.497 e. The van der Waals surface area contributed by atoms with Crippen LogP contribution >= 0.6 is 0 Å². The molecule has 0 bridgehead atoms. The molecule has 2 aromatic carbocycles. The molecular weight excluding hydrogens is 264 g/mol. The summed E-state index contributed by atoms with van der Waals surface area (Å²) in [6.07, 6.45) is 1.34. The summed E-state index contributed by atoms with van der Waals surface area (Å²) in [7, 11) is 3.36. The lowest BCUT2D eigenvalue weighted by molar-refractivity contribution is 0.0795. The van der Waals surface area contributed by atoms with Crippen LogP contribution in [0.25, 0.3) is 0 Å². The van der Waals surface area contributed by atoms with Gasteiger partial charge in [-0.1, -0.05) is 12.1 Å². The van der Waals surface area contributed by atoms with E-state index < -0.39 is 6.10 Å². The first-order valence-electron chi connectivity index (χ1n) is 7.20. The number of aliphatic hydroxyl groups excluding tert-OH is 1. The first-order chi connectivity index (χ1) is 10.2. The van der Waals surface area contributed by atoms with Gasteiger partial charge in [-0.05, 0) is 59.4 Å². The van der Waals surface area contributed by atoms with E-state index in [1.165, 1.54) is 16.7 Å². The van der Waals surface area contributed by atoms with Crippen molar-refractivity contribution in [1.29, 1.82) is 0 Å². The van der Waals surface area contributed by atoms with Gasteiger partial charge in [0, 0.05) is 5.41 Å². The van der Waals surface area contributed by atoms with E-state index in [0.717, 1.165) is 29.9 Å². The van der Waals surface area contributed by atoms with Crippen LogP contribution in [-0.2, 0) is 18.3 Å². The van der Waals surface area contributed by atoms with Crippen molar-refractivity contribution >= 4 is 0 Å². The monoisotopic (exact) mass is 282 g/mol. The molecule has 1 N–H and O–H groups in total. The largest absolute Gasteiger partial charge is 0.497 e. The van der Waals surface area contributed by atoms with Crippen molar-refractivity contribution < 1.29 is 14.6 Å². The highest BCUT2D eigenvalue weighted by Crippen LogP contribution is 2.57. The smallest absolute Gasteiger partial charge is 0.119 e. The third kappa shape index (κ3) is 1.58. The second kappa shape index (κ2) is 4.25. The van der Waals surface area contributed by atoms with E-state index in [-0.39, 0.29) is 5.41 Å². The number of benzene rings is 2. The lowest BCUT2D eigenvalue weighted by Gasteiger charge is -2.44. The number of aliphatic hydroxyl groups is 1. The molecule has 0 saturated carbocycles. The van der Waals surface area contributed by atoms with Crippen molar-refractivity contribution in [2.24, 2.45) is 0 Å². The minimum absolute atomic E-state index is 0.156. The number of ether oxygens (including phenoxy) is 2. The van der Waals surface area contributed by atoms with E-state index in [2.05, 4.69) is 18.2 Å². The van der Waals surface area contributed by atoms with Crippen LogP contribution in [0.4, 0.5) is 0 Å². The zero-order valence-electron chi connectivity index (χ0n) is 12.2. The van der Waals surface area contributed by atoms with Gasteiger partial charge in [-0.3, -0.25) is 0 Å². The van der Waals surface area contributed by atoms with E-state index in [1.807, 2.05) is 18.2 Å². The highest BCUT2D eigenvalue weighted by Gasteiger charge is 2.53. The Hall–Kier alpha value is -2.00. The first-order valence-corrected chi connectivity index (χ1v) is 7.20. The average Bonchev–Trinajstić information content (AvgIpc) is 2.80. The summed E-state index contributed by atoms with van der Waals surface area (Å²) in [4.78, 5) is 0. The molecule has 0 heterocycles. The summed E-state index contributed by atoms with van der Waals surface area (Å²) >= 11 is 0. The Morgan fingerprint density at radius 2 is 1.57 bits per heavy atom. The van der Waals surface area contributed by atoms with E-state index in [0.29, 0.717) is 0 Å². The van der Waals surface area contributed by atoms with E-state index in [4.69, 9.17) is 9.47 Å². The Bertz CT molecular complexity index is 722. The van der Waals surface area contributed by atoms with Crippen molar-refractivity contribution in [2.45, 2.75) is 24.4 Å². The Labute approximate surface area is 124 Å². The molecule has 2 aliphatic carbocycles. The molecule has 0 saturated heterocycles. The van der Waals surface area contributed by atoms with E-state index in [1.54, 1.807) is 14.2 Å². The molecule has 2 aromatic rings. The predicted molar refractivity (Wildman–Crippen MR) is 80.0 cm³/mol. The van der Waals surface area contributed by atoms with Crippen molar-refractivity contribution in [3.8, 4) is 11.5 Å². The minimum atomic E-state index is -0.431. The fourth-order valence-electron chi connectivity index (χ4n) is 3.92. The van der Waals surface area contributed by atoms with E-state index in [9.17, 15) is 5.11 Å². The van der Waals surface area contributed by atoms with Gasteiger partial charge in [-0.15, -0.1) is 0 Å². The number of hydrogen-bond donors (Lipinski definition) is 1. The first kappa shape index (κ1) is 12.7. The number of rotatable bonds is 2. The summed E-state index contributed by atoms with van der Waals surface area (Å²) in [5, 5.41) is 10.8. The van der Waals surface area contributed by atoms with Gasteiger partial charge < -0.3 is 14.6 Å². The zero-order valence-corrected chi connectivity index (χ0v) is 12.2. The van der Waals surface area contributed by atoms with Crippen LogP contribution < -0.4 is 9.47 Å². The summed E-state index contributed by atoms with van der Waals surface area (Å²) in [6.45, 7) is 0. The van der Waals surface area contributed by atoms with Crippen LogP contribution in [0.2, 0.25) is 0 Å². The predicted octanol–water partition coefficient (Wildman–Crippen LogP) is 2.79. The van der Waals surface area contributed by atoms with Crippen LogP contribution in [0.1, 0.15) is 28.4 Å². The normalized spacial score (nSPS) is 25.2. The Morgan fingerprint density at radius 3 is 2.24 bits per heavy atom. The van der Waals surface area contributed by atoms with Gasteiger partial charge in [0.25, 0.3) is 0 Å². The fraction of sp³-hybridized carbons (Fsp3) is 0.333. The van der Waals surface area contributed by atoms with Crippen LogP contribution in [0.3, 0.4) is 0 Å². The van der Waals surface area contributed by atoms with Gasteiger partial charge >= 0.3 is 0 Å². The molecule has 3 heteroatoms. The lowest BCUT2D eigenvalue weighted by Crippen LogP contribution is -2.42. The highest BCUT2D eigenvalue weighted by atomic mass is 16.5. The molecule has 21 heavy (non-hydrogen) atoms. The molecule has 0 aliphatic heterocycles. The van der Waals surface area contributed by atoms with Gasteiger partial charge in [-0.25, -0.2) is 0 Å². The average molecular weight is 282 g/mol. The Kier molecular flexibility index (Phi) is 2.57. The molecule has 0 amide bonds. The van der Waals surface area contributed by atoms with E-state index >= 15 is 0 Å². The van der Waals surface area contributed by atoms with Gasteiger partial charge in [0.2, 0.25) is 0 Å². The second-order valence-electron chi connectivity index (χ2n) is 6.00. The van der Waals surface area contributed by atoms with Crippen LogP contribution in [0.15, 0.2) is 36.4 Å². The SMILES string of the molecule is COc1ccc2c(c1)C[C@]1(Cc3cc(OC)ccc31)[C@H]2O. The zero-order chi connectivity index (χ0) is 14.6. The standard InChI is InChI=1S/C18H18O3/c1-20-13-3-5-15-11(7-13)9-18(17(15)19)10-12-8-14(21-2)4-6-16(12)18/h3-8,17,19H,9-10H2,1-2H3/t17-,18+/m0/s1. The molecule has 2 aliphatic rings. The van der Waals surface area contributed by atoms with Crippen molar-refractivity contribution in [3.63, 3.8) is 0 Å². The summed E-state index contributed by atoms with van der Waals surface area (Å²) in [5.74, 6) is 1.74. The Morgan fingerprint density at radius 1 is 0.952 bits per heavy atom. The number of fused-ring (bicyclic) bond motifs is 3. The second-order valence-corrected chi connectivity index (χ2v) is 6.00. The lowest BCUT2D eigenvalue weighted by atomic mass is 9.61. The van der Waals surface area contributed by atoms with Crippen LogP contribution in [0, 0.1) is 0 Å². The fourth-order valence-corrected chi connectivity index (χ4v) is 3.92. The van der Waals surface area contributed by atoms with Crippen LogP contribution in [0.5, 0.6) is 11.5 Å². The third-order valence-electron chi connectivity index (χ3n) is 5.03. The summed E-state index contributed by atoms with van der Waals surface area (Å²) in [5.41, 5.74) is 4.62. The molecular formula is C18H18O3. The maximum atomic E-state index is 10.8. The maximum absolute atomic E-state index is 10.8. The molecule has 3 nitrogen and oxygen atoms in total. The van der Waals surface area contributed by atoms with Crippen LogP contribution in [-0.4, -0.2) is 19.3 Å². The molecule has 0 radical (unpaired) electrons. The molecule has 0 fully saturated rings. The van der Waals surface area contributed by atoms with Crippen molar-refractivity contribution in [3.05, 3.63) is 58.7 Å². The molecule has 108 valence electrons. The van der Waals surface area contributed by atoms with Gasteiger partial charge in [-0.2, -0.15) is 0 Å². The number of hydrogen-bond acceptors (Lipinski definition) is 3. The topological polar surface area (TPSA) is 38.7 Å². The molecule has 0 unspecified atom stereocenters. The third-order valence-corrected chi connectivity index (χ3v) is 5.03. The van der Waals surface area contributed by atoms with Gasteiger partial charge in [0.05, 0.1) is 20.3 Å². The maximum Gasteiger partial charge on any atom is 0.119 e. The molecule has 0 aromatic heterocycles. The Balaban J connectivity index is 1.75. The molecule has 4 rings (SSSR count). The molecule has 1 spiro atoms.